The van der Waals surface area contributed by atoms with Crippen LogP contribution in [0, 0.1) is 5.92 Å². The summed E-state index contributed by atoms with van der Waals surface area (Å²) in [6.07, 6.45) is 7.37. The second-order valence-corrected chi connectivity index (χ2v) is 10.1. The van der Waals surface area contributed by atoms with E-state index >= 15 is 0 Å². The molecule has 1 aliphatic heterocycles. The lowest BCUT2D eigenvalue weighted by molar-refractivity contribution is -0.231. The number of alkyl halides is 2. The third-order valence-corrected chi connectivity index (χ3v) is 7.33. The first-order valence-corrected chi connectivity index (χ1v) is 12.5. The van der Waals surface area contributed by atoms with Gasteiger partial charge in [-0.3, -0.25) is 9.59 Å². The number of ketones is 1. The van der Waals surface area contributed by atoms with Gasteiger partial charge in [-0.1, -0.05) is 57.3 Å². The van der Waals surface area contributed by atoms with Gasteiger partial charge in [0.1, 0.15) is 28.6 Å². The molecule has 0 aromatic heterocycles. The molecule has 8 atom stereocenters. The Labute approximate surface area is 206 Å². The summed E-state index contributed by atoms with van der Waals surface area (Å²) in [5.41, 5.74) is -0.639. The maximum Gasteiger partial charge on any atom is 0.244 e. The Balaban J connectivity index is 2.00. The fourth-order valence-corrected chi connectivity index (χ4v) is 5.31. The number of ether oxygens (including phenoxy) is 2. The molecule has 7 nitrogen and oxygen atoms in total. The lowest BCUT2D eigenvalue weighted by Crippen LogP contribution is -2.67. The Hall–Kier alpha value is -0.960. The van der Waals surface area contributed by atoms with Gasteiger partial charge in [0.15, 0.2) is 12.1 Å². The van der Waals surface area contributed by atoms with E-state index in [1.165, 1.54) is 38.9 Å². The Morgan fingerprint density at radius 3 is 2.45 bits per heavy atom. The summed E-state index contributed by atoms with van der Waals surface area (Å²) >= 11 is 12.1. The van der Waals surface area contributed by atoms with Crippen LogP contribution in [0.5, 0.6) is 0 Å². The van der Waals surface area contributed by atoms with Crippen LogP contribution in [0.1, 0.15) is 59.3 Å². The van der Waals surface area contributed by atoms with E-state index in [9.17, 15) is 19.8 Å². The van der Waals surface area contributed by atoms with Gasteiger partial charge in [-0.2, -0.15) is 0 Å². The van der Waals surface area contributed by atoms with Gasteiger partial charge in [0, 0.05) is 19.6 Å². The highest BCUT2D eigenvalue weighted by Gasteiger charge is 2.64. The van der Waals surface area contributed by atoms with Crippen molar-refractivity contribution in [1.29, 1.82) is 0 Å². The van der Waals surface area contributed by atoms with Gasteiger partial charge in [-0.05, 0) is 19.3 Å². The predicted molar refractivity (Wildman–Crippen MR) is 128 cm³/mol. The fraction of sp³-hybridized carbons (Fsp3) is 0.750. The van der Waals surface area contributed by atoms with Crippen LogP contribution in [0.25, 0.3) is 0 Å². The lowest BCUT2D eigenvalue weighted by atomic mass is 9.76. The SMILES string of the molecule is CCCCCCC(C)/C=C(C)/C=C/C(=O)N[C@@H]1CC2(O[C@@H]1OC)[C@@H](O)[C@H](Cl)C(=O)[C@H](Cl)[C@@H]2O. The van der Waals surface area contributed by atoms with Crippen LogP contribution in [0.15, 0.2) is 23.8 Å². The molecular formula is C24H37Cl2NO6. The number of Topliss-reactive ketones (excluding diaryl/α,β-unsaturated/α-hetero) is 1. The second kappa shape index (κ2) is 12.7. The van der Waals surface area contributed by atoms with Crippen LogP contribution < -0.4 is 5.32 Å². The molecule has 33 heavy (non-hydrogen) atoms. The lowest BCUT2D eigenvalue weighted by Gasteiger charge is -2.44. The predicted octanol–water partition coefficient (Wildman–Crippen LogP) is 3.23. The first-order chi connectivity index (χ1) is 15.6. The van der Waals surface area contributed by atoms with Gasteiger partial charge in [0.2, 0.25) is 5.91 Å². The molecule has 1 saturated heterocycles. The standard InChI is InChI=1S/C24H37Cl2NO6/c1-5-6-7-8-9-14(2)12-15(3)10-11-17(28)27-16-13-24(33-23(16)32-4)21(30)18(25)20(29)19(26)22(24)31/h10-12,14,16,18-19,21-23,30-31H,5-9,13H2,1-4H3,(H,27,28)/b11-10+,15-12+/t14?,16-,18-,19+,21+,22+,23+,24?/m1/s1. The molecule has 2 aliphatic rings. The number of aliphatic hydroxyl groups excluding tert-OH is 2. The van der Waals surface area contributed by atoms with Crippen molar-refractivity contribution >= 4 is 34.9 Å². The number of carbonyl (C=O) groups excluding carboxylic acids is 2. The molecule has 2 unspecified atom stereocenters. The third kappa shape index (κ3) is 6.80. The minimum absolute atomic E-state index is 0.0171. The number of unbranched alkanes of at least 4 members (excludes halogenated alkanes) is 3. The third-order valence-electron chi connectivity index (χ3n) is 6.42. The highest BCUT2D eigenvalue weighted by atomic mass is 35.5. The number of carbonyl (C=O) groups is 2. The number of nitrogens with one attached hydrogen (secondary N) is 1. The Morgan fingerprint density at radius 2 is 1.88 bits per heavy atom. The number of hydrogen-bond acceptors (Lipinski definition) is 6. The molecule has 0 radical (unpaired) electrons. The summed E-state index contributed by atoms with van der Waals surface area (Å²) in [6, 6.07) is -0.681. The van der Waals surface area contributed by atoms with Crippen LogP contribution >= 0.6 is 23.2 Å². The molecular weight excluding hydrogens is 469 g/mol. The van der Waals surface area contributed by atoms with E-state index in [2.05, 4.69) is 25.2 Å². The van der Waals surface area contributed by atoms with E-state index in [1.54, 1.807) is 6.08 Å². The van der Waals surface area contributed by atoms with Gasteiger partial charge in [-0.15, -0.1) is 23.2 Å². The molecule has 1 spiro atoms. The number of amides is 1. The molecule has 1 amide bonds. The fourth-order valence-electron chi connectivity index (χ4n) is 4.55. The van der Waals surface area contributed by atoms with Crippen LogP contribution in [0.3, 0.4) is 0 Å². The molecule has 2 rings (SSSR count). The highest BCUT2D eigenvalue weighted by molar-refractivity contribution is 6.41. The normalized spacial score (nSPS) is 36.0. The minimum Gasteiger partial charge on any atom is -0.388 e. The van der Waals surface area contributed by atoms with Gasteiger partial charge in [-0.25, -0.2) is 0 Å². The average Bonchev–Trinajstić information content (AvgIpc) is 3.16. The largest absolute Gasteiger partial charge is 0.388 e. The first-order valence-electron chi connectivity index (χ1n) is 11.6. The summed E-state index contributed by atoms with van der Waals surface area (Å²) in [5.74, 6) is -0.606. The van der Waals surface area contributed by atoms with Gasteiger partial charge in [0.05, 0.1) is 6.04 Å². The van der Waals surface area contributed by atoms with Gasteiger partial charge >= 0.3 is 0 Å². The molecule has 1 aliphatic carbocycles. The van der Waals surface area contributed by atoms with E-state index in [1.807, 2.05) is 6.92 Å². The summed E-state index contributed by atoms with van der Waals surface area (Å²) in [7, 11) is 1.39. The monoisotopic (exact) mass is 505 g/mol. The number of hydrogen-bond donors (Lipinski definition) is 3. The van der Waals surface area contributed by atoms with Crippen molar-refractivity contribution in [2.24, 2.45) is 5.92 Å². The molecule has 0 aromatic carbocycles. The smallest absolute Gasteiger partial charge is 0.244 e. The first kappa shape index (κ1) is 28.3. The maximum atomic E-state index is 12.5. The average molecular weight is 506 g/mol. The Kier molecular flexibility index (Phi) is 10.8. The quantitative estimate of drug-likeness (QED) is 0.182. The van der Waals surface area contributed by atoms with Crippen molar-refractivity contribution in [3.05, 3.63) is 23.8 Å². The molecule has 1 heterocycles. The molecule has 1 saturated carbocycles. The maximum absolute atomic E-state index is 12.5. The second-order valence-electron chi connectivity index (χ2n) is 9.16. The Bertz CT molecular complexity index is 724. The van der Waals surface area contributed by atoms with E-state index < -0.39 is 46.7 Å². The summed E-state index contributed by atoms with van der Waals surface area (Å²) in [5, 5.41) is 21.4. The number of aliphatic hydroxyl groups is 2. The van der Waals surface area contributed by atoms with Crippen molar-refractivity contribution in [2.45, 2.75) is 100 Å². The van der Waals surface area contributed by atoms with Crippen LogP contribution in [-0.4, -0.2) is 69.9 Å². The zero-order chi connectivity index (χ0) is 24.8. The number of methoxy groups -OCH3 is 1. The van der Waals surface area contributed by atoms with Crippen LogP contribution in [0.2, 0.25) is 0 Å². The highest BCUT2D eigenvalue weighted by Crippen LogP contribution is 2.44. The zero-order valence-corrected chi connectivity index (χ0v) is 21.3. The molecule has 0 bridgehead atoms. The van der Waals surface area contributed by atoms with Crippen molar-refractivity contribution in [3.8, 4) is 0 Å². The molecule has 3 N–H and O–H groups in total. The topological polar surface area (TPSA) is 105 Å². The van der Waals surface area contributed by atoms with Crippen molar-refractivity contribution in [3.63, 3.8) is 0 Å². The molecule has 9 heteroatoms. The molecule has 2 fully saturated rings. The van der Waals surface area contributed by atoms with E-state index in [0.717, 1.165) is 12.0 Å². The summed E-state index contributed by atoms with van der Waals surface area (Å²) in [4.78, 5) is 24.6. The minimum atomic E-state index is -1.63. The summed E-state index contributed by atoms with van der Waals surface area (Å²) in [6.45, 7) is 6.31. The summed E-state index contributed by atoms with van der Waals surface area (Å²) < 4.78 is 11.1. The van der Waals surface area contributed by atoms with Crippen LogP contribution in [-0.2, 0) is 19.1 Å². The van der Waals surface area contributed by atoms with E-state index in [4.69, 9.17) is 32.7 Å². The van der Waals surface area contributed by atoms with Crippen LogP contribution in [0.4, 0.5) is 0 Å². The van der Waals surface area contributed by atoms with Crippen molar-refractivity contribution < 1.29 is 29.3 Å². The van der Waals surface area contributed by atoms with E-state index in [0.29, 0.717) is 5.92 Å². The number of allylic oxidation sites excluding steroid dienone is 3. The van der Waals surface area contributed by atoms with Gasteiger partial charge < -0.3 is 25.0 Å². The number of halogens is 2. The van der Waals surface area contributed by atoms with E-state index in [-0.39, 0.29) is 12.3 Å². The van der Waals surface area contributed by atoms with Crippen molar-refractivity contribution in [2.75, 3.05) is 7.11 Å². The van der Waals surface area contributed by atoms with Gasteiger partial charge in [0.25, 0.3) is 0 Å². The zero-order valence-electron chi connectivity index (χ0n) is 19.8. The number of rotatable bonds is 10. The van der Waals surface area contributed by atoms with Crippen molar-refractivity contribution in [1.82, 2.24) is 5.32 Å². The Morgan fingerprint density at radius 1 is 1.24 bits per heavy atom. The molecule has 0 aromatic rings. The molecule has 188 valence electrons.